The van der Waals surface area contributed by atoms with Crippen LogP contribution < -0.4 is 5.32 Å². The molecule has 1 fully saturated rings. The van der Waals surface area contributed by atoms with Crippen LogP contribution in [0.1, 0.15) is 28.8 Å². The third-order valence-electron chi connectivity index (χ3n) is 4.80. The van der Waals surface area contributed by atoms with E-state index in [1.54, 1.807) is 17.0 Å². The van der Waals surface area contributed by atoms with Crippen molar-refractivity contribution in [1.29, 1.82) is 0 Å². The fraction of sp³-hybridized carbons (Fsp3) is 0.300. The fourth-order valence-electron chi connectivity index (χ4n) is 3.25. The first-order valence-electron chi connectivity index (χ1n) is 8.88. The predicted molar refractivity (Wildman–Crippen MR) is 105 cm³/mol. The molecule has 0 bridgehead atoms. The average molecular weight is 445 g/mol. The molecule has 1 N–H and O–H groups in total. The van der Waals surface area contributed by atoms with Gasteiger partial charge in [0.05, 0.1) is 21.8 Å². The zero-order valence-corrected chi connectivity index (χ0v) is 16.6. The number of para-hydroxylation sites is 1. The number of nitrogens with zero attached hydrogens (tertiary/aromatic N) is 1. The molecule has 0 unspecified atom stereocenters. The third kappa shape index (κ3) is 5.03. The minimum Gasteiger partial charge on any atom is -0.339 e. The lowest BCUT2D eigenvalue weighted by atomic mass is 9.95. The normalized spacial score (nSPS) is 15.3. The number of alkyl halides is 3. The summed E-state index contributed by atoms with van der Waals surface area (Å²) in [6, 6.07) is 9.44. The van der Waals surface area contributed by atoms with Gasteiger partial charge in [0.1, 0.15) is 0 Å². The molecule has 9 heteroatoms. The van der Waals surface area contributed by atoms with Gasteiger partial charge in [-0.05, 0) is 43.2 Å². The van der Waals surface area contributed by atoms with E-state index in [9.17, 15) is 22.8 Å². The van der Waals surface area contributed by atoms with Crippen LogP contribution in [0.15, 0.2) is 42.5 Å². The van der Waals surface area contributed by atoms with Crippen LogP contribution in [-0.4, -0.2) is 29.8 Å². The Labute approximate surface area is 175 Å². The molecule has 29 heavy (non-hydrogen) atoms. The predicted octanol–water partition coefficient (Wildman–Crippen LogP) is 5.50. The van der Waals surface area contributed by atoms with Gasteiger partial charge < -0.3 is 10.2 Å². The molecule has 2 amide bonds. The standard InChI is InChI=1S/C20H17Cl2F3N2O2/c21-13-5-6-14(16(22)11-13)19(29)27-9-7-12(8-10-27)18(28)26-17-4-2-1-3-15(17)20(23,24)25/h1-6,11-12H,7-10H2,(H,26,28). The lowest BCUT2D eigenvalue weighted by Gasteiger charge is -2.31. The summed E-state index contributed by atoms with van der Waals surface area (Å²) in [5.74, 6) is -1.24. The molecule has 3 rings (SSSR count). The molecule has 0 aliphatic carbocycles. The zero-order valence-electron chi connectivity index (χ0n) is 15.1. The van der Waals surface area contributed by atoms with Crippen molar-refractivity contribution in [3.8, 4) is 0 Å². The largest absolute Gasteiger partial charge is 0.418 e. The van der Waals surface area contributed by atoms with E-state index in [0.717, 1.165) is 6.07 Å². The maximum Gasteiger partial charge on any atom is 0.418 e. The van der Waals surface area contributed by atoms with Crippen LogP contribution in [0.3, 0.4) is 0 Å². The second kappa shape index (κ2) is 8.63. The average Bonchev–Trinajstić information content (AvgIpc) is 2.67. The Morgan fingerprint density at radius 3 is 2.31 bits per heavy atom. The molecule has 1 aliphatic heterocycles. The highest BCUT2D eigenvalue weighted by atomic mass is 35.5. The maximum atomic E-state index is 13.1. The van der Waals surface area contributed by atoms with Gasteiger partial charge in [-0.1, -0.05) is 35.3 Å². The summed E-state index contributed by atoms with van der Waals surface area (Å²) in [4.78, 5) is 26.7. The van der Waals surface area contributed by atoms with Gasteiger partial charge in [0.15, 0.2) is 0 Å². The van der Waals surface area contributed by atoms with Crippen LogP contribution >= 0.6 is 23.2 Å². The lowest BCUT2D eigenvalue weighted by molar-refractivity contribution is -0.137. The molecular weight excluding hydrogens is 428 g/mol. The number of halogens is 5. The van der Waals surface area contributed by atoms with E-state index in [1.807, 2.05) is 0 Å². The minimum atomic E-state index is -4.56. The van der Waals surface area contributed by atoms with Crippen molar-refractivity contribution in [2.45, 2.75) is 19.0 Å². The summed E-state index contributed by atoms with van der Waals surface area (Å²) in [6.45, 7) is 0.605. The van der Waals surface area contributed by atoms with E-state index < -0.39 is 23.6 Å². The number of benzene rings is 2. The molecular formula is C20H17Cl2F3N2O2. The number of likely N-dealkylation sites (tertiary alicyclic amines) is 1. The Morgan fingerprint density at radius 1 is 1.03 bits per heavy atom. The van der Waals surface area contributed by atoms with Crippen molar-refractivity contribution >= 4 is 40.7 Å². The van der Waals surface area contributed by atoms with Crippen molar-refractivity contribution in [2.75, 3.05) is 18.4 Å². The molecule has 1 saturated heterocycles. The van der Waals surface area contributed by atoms with E-state index in [2.05, 4.69) is 5.32 Å². The van der Waals surface area contributed by atoms with Crippen molar-refractivity contribution in [1.82, 2.24) is 4.90 Å². The summed E-state index contributed by atoms with van der Waals surface area (Å²) in [6.07, 6.45) is -3.87. The SMILES string of the molecule is O=C(Nc1ccccc1C(F)(F)F)C1CCN(C(=O)c2ccc(Cl)cc2Cl)CC1. The van der Waals surface area contributed by atoms with Crippen LogP contribution in [0.5, 0.6) is 0 Å². The Morgan fingerprint density at radius 2 is 1.69 bits per heavy atom. The number of carbonyl (C=O) groups excluding carboxylic acids is 2. The van der Waals surface area contributed by atoms with Crippen LogP contribution in [0.2, 0.25) is 10.0 Å². The van der Waals surface area contributed by atoms with E-state index in [0.29, 0.717) is 36.5 Å². The Balaban J connectivity index is 1.62. The number of hydrogen-bond donors (Lipinski definition) is 1. The number of piperidine rings is 1. The zero-order chi connectivity index (χ0) is 21.2. The molecule has 0 saturated carbocycles. The van der Waals surface area contributed by atoms with Crippen LogP contribution in [-0.2, 0) is 11.0 Å². The fourth-order valence-corrected chi connectivity index (χ4v) is 3.74. The quantitative estimate of drug-likeness (QED) is 0.678. The van der Waals surface area contributed by atoms with Crippen LogP contribution in [0.25, 0.3) is 0 Å². The Bertz CT molecular complexity index is 926. The first-order valence-corrected chi connectivity index (χ1v) is 9.64. The molecule has 1 heterocycles. The first-order chi connectivity index (χ1) is 13.7. The smallest absolute Gasteiger partial charge is 0.339 e. The number of rotatable bonds is 3. The van der Waals surface area contributed by atoms with E-state index in [1.165, 1.54) is 24.3 Å². The molecule has 0 aromatic heterocycles. The van der Waals surface area contributed by atoms with E-state index in [4.69, 9.17) is 23.2 Å². The van der Waals surface area contributed by atoms with Crippen molar-refractivity contribution in [3.05, 3.63) is 63.6 Å². The van der Waals surface area contributed by atoms with Crippen molar-refractivity contribution in [3.63, 3.8) is 0 Å². The molecule has 0 atom stereocenters. The van der Waals surface area contributed by atoms with Crippen molar-refractivity contribution < 1.29 is 22.8 Å². The highest BCUT2D eigenvalue weighted by molar-refractivity contribution is 6.36. The summed E-state index contributed by atoms with van der Waals surface area (Å²) in [5.41, 5.74) is -0.840. The highest BCUT2D eigenvalue weighted by Crippen LogP contribution is 2.35. The summed E-state index contributed by atoms with van der Waals surface area (Å²) in [5, 5.41) is 3.04. The second-order valence-corrected chi connectivity index (χ2v) is 7.57. The Kier molecular flexibility index (Phi) is 6.39. The second-order valence-electron chi connectivity index (χ2n) is 6.72. The van der Waals surface area contributed by atoms with Gasteiger partial charge in [0, 0.05) is 24.0 Å². The van der Waals surface area contributed by atoms with Gasteiger partial charge in [-0.2, -0.15) is 13.2 Å². The van der Waals surface area contributed by atoms with E-state index >= 15 is 0 Å². The molecule has 0 radical (unpaired) electrons. The van der Waals surface area contributed by atoms with Gasteiger partial charge in [0.2, 0.25) is 5.91 Å². The van der Waals surface area contributed by atoms with E-state index in [-0.39, 0.29) is 16.6 Å². The lowest BCUT2D eigenvalue weighted by Crippen LogP contribution is -2.41. The van der Waals surface area contributed by atoms with Crippen LogP contribution in [0, 0.1) is 5.92 Å². The molecule has 2 aromatic rings. The summed E-state index contributed by atoms with van der Waals surface area (Å²) in [7, 11) is 0. The number of nitrogens with one attached hydrogen (secondary N) is 1. The van der Waals surface area contributed by atoms with Gasteiger partial charge >= 0.3 is 6.18 Å². The topological polar surface area (TPSA) is 49.4 Å². The van der Waals surface area contributed by atoms with Gasteiger partial charge in [-0.3, -0.25) is 9.59 Å². The van der Waals surface area contributed by atoms with Gasteiger partial charge in [0.25, 0.3) is 5.91 Å². The number of carbonyl (C=O) groups is 2. The van der Waals surface area contributed by atoms with Crippen LogP contribution in [0.4, 0.5) is 18.9 Å². The number of hydrogen-bond acceptors (Lipinski definition) is 2. The first kappa shape index (κ1) is 21.5. The number of anilines is 1. The third-order valence-corrected chi connectivity index (χ3v) is 5.35. The molecule has 4 nitrogen and oxygen atoms in total. The summed E-state index contributed by atoms with van der Waals surface area (Å²) < 4.78 is 39.3. The number of amides is 2. The molecule has 0 spiro atoms. The highest BCUT2D eigenvalue weighted by Gasteiger charge is 2.35. The summed E-state index contributed by atoms with van der Waals surface area (Å²) >= 11 is 11.9. The van der Waals surface area contributed by atoms with Gasteiger partial charge in [-0.25, -0.2) is 0 Å². The Hall–Kier alpha value is -2.25. The maximum absolute atomic E-state index is 13.1. The molecule has 2 aromatic carbocycles. The minimum absolute atomic E-state index is 0.242. The molecule has 154 valence electrons. The van der Waals surface area contributed by atoms with Crippen molar-refractivity contribution in [2.24, 2.45) is 5.92 Å². The van der Waals surface area contributed by atoms with Gasteiger partial charge in [-0.15, -0.1) is 0 Å². The monoisotopic (exact) mass is 444 g/mol. The molecule has 1 aliphatic rings.